The number of aromatic nitrogens is 2. The van der Waals surface area contributed by atoms with Gasteiger partial charge in [-0.1, -0.05) is 110 Å². The van der Waals surface area contributed by atoms with Gasteiger partial charge >= 0.3 is 0 Å². The summed E-state index contributed by atoms with van der Waals surface area (Å²) in [5.74, 6) is 0.0367. The van der Waals surface area contributed by atoms with Crippen molar-refractivity contribution in [3.05, 3.63) is 132 Å². The van der Waals surface area contributed by atoms with Crippen LogP contribution < -0.4 is 0 Å². The Morgan fingerprint density at radius 3 is 2.00 bits per heavy atom. The molecular formula is C34H34FN3O. The van der Waals surface area contributed by atoms with Gasteiger partial charge in [-0.2, -0.15) is 0 Å². The molecule has 5 aromatic rings. The number of phenolic OH excluding ortho intramolecular Hbond substituents is 1. The summed E-state index contributed by atoms with van der Waals surface area (Å²) in [7, 11) is 0. The number of halogens is 1. The van der Waals surface area contributed by atoms with Crippen LogP contribution in [0.2, 0.25) is 0 Å². The molecule has 5 heteroatoms. The molecule has 0 atom stereocenters. The largest absolute Gasteiger partial charge is 0.505 e. The molecule has 4 nitrogen and oxygen atoms in total. The zero-order valence-electron chi connectivity index (χ0n) is 22.3. The maximum atomic E-state index is 14.3. The minimum atomic E-state index is -0.600. The van der Waals surface area contributed by atoms with E-state index in [1.165, 1.54) is 17.7 Å². The van der Waals surface area contributed by atoms with E-state index in [9.17, 15) is 9.50 Å². The van der Waals surface area contributed by atoms with E-state index < -0.39 is 5.82 Å². The molecule has 0 bridgehead atoms. The van der Waals surface area contributed by atoms with E-state index in [-0.39, 0.29) is 5.75 Å². The SMILES string of the molecule is CCCCn1c(-c2ccccc2)nc(-c2ccccc2)c1CN(Cc1ccccc1)Cc1ccc(O)c(F)c1. The topological polar surface area (TPSA) is 41.3 Å². The quantitative estimate of drug-likeness (QED) is 0.192. The smallest absolute Gasteiger partial charge is 0.165 e. The molecule has 0 unspecified atom stereocenters. The average Bonchev–Trinajstić information content (AvgIpc) is 3.33. The van der Waals surface area contributed by atoms with Crippen molar-refractivity contribution in [2.75, 3.05) is 0 Å². The number of phenols is 1. The van der Waals surface area contributed by atoms with E-state index in [1.54, 1.807) is 6.07 Å². The highest BCUT2D eigenvalue weighted by Gasteiger charge is 2.22. The van der Waals surface area contributed by atoms with Crippen molar-refractivity contribution >= 4 is 0 Å². The molecule has 1 N–H and O–H groups in total. The molecule has 1 heterocycles. The lowest BCUT2D eigenvalue weighted by Gasteiger charge is -2.25. The highest BCUT2D eigenvalue weighted by Crippen LogP contribution is 2.32. The summed E-state index contributed by atoms with van der Waals surface area (Å²) < 4.78 is 16.7. The summed E-state index contributed by atoms with van der Waals surface area (Å²) in [5, 5.41) is 9.74. The lowest BCUT2D eigenvalue weighted by Crippen LogP contribution is -2.24. The van der Waals surface area contributed by atoms with Gasteiger partial charge in [0.25, 0.3) is 0 Å². The molecule has 0 aliphatic carbocycles. The Balaban J connectivity index is 1.61. The summed E-state index contributed by atoms with van der Waals surface area (Å²) >= 11 is 0. The first-order chi connectivity index (χ1) is 19.1. The summed E-state index contributed by atoms with van der Waals surface area (Å²) in [6.07, 6.45) is 2.12. The third kappa shape index (κ3) is 6.44. The van der Waals surface area contributed by atoms with Crippen molar-refractivity contribution in [1.82, 2.24) is 14.5 Å². The Morgan fingerprint density at radius 2 is 1.36 bits per heavy atom. The van der Waals surface area contributed by atoms with E-state index in [1.807, 2.05) is 42.5 Å². The predicted octanol–water partition coefficient (Wildman–Crippen LogP) is 8.06. The number of aromatic hydroxyl groups is 1. The third-order valence-electron chi connectivity index (χ3n) is 6.93. The Labute approximate surface area is 230 Å². The normalized spacial score (nSPS) is 11.3. The first-order valence-electron chi connectivity index (χ1n) is 13.6. The minimum absolute atomic E-state index is 0.329. The predicted molar refractivity (Wildman–Crippen MR) is 155 cm³/mol. The van der Waals surface area contributed by atoms with Crippen molar-refractivity contribution in [3.63, 3.8) is 0 Å². The van der Waals surface area contributed by atoms with Crippen LogP contribution >= 0.6 is 0 Å². The molecule has 0 saturated carbocycles. The van der Waals surface area contributed by atoms with Gasteiger partial charge in [0, 0.05) is 37.3 Å². The van der Waals surface area contributed by atoms with Crippen LogP contribution in [0.3, 0.4) is 0 Å². The number of unbranched alkanes of at least 4 members (excludes halogenated alkanes) is 1. The van der Waals surface area contributed by atoms with Crippen LogP contribution in [0.25, 0.3) is 22.6 Å². The van der Waals surface area contributed by atoms with Crippen LogP contribution in [0.1, 0.15) is 36.6 Å². The van der Waals surface area contributed by atoms with Crippen molar-refractivity contribution in [3.8, 4) is 28.4 Å². The molecule has 0 aliphatic heterocycles. The van der Waals surface area contributed by atoms with Gasteiger partial charge < -0.3 is 9.67 Å². The zero-order valence-corrected chi connectivity index (χ0v) is 22.3. The molecule has 0 fully saturated rings. The Morgan fingerprint density at radius 1 is 0.744 bits per heavy atom. The Bertz CT molecular complexity index is 1480. The second-order valence-electron chi connectivity index (χ2n) is 9.88. The molecule has 0 saturated heterocycles. The number of rotatable bonds is 11. The summed E-state index contributed by atoms with van der Waals surface area (Å²) in [6, 6.07) is 35.7. The maximum Gasteiger partial charge on any atom is 0.165 e. The van der Waals surface area contributed by atoms with Crippen LogP contribution in [0.15, 0.2) is 109 Å². The highest BCUT2D eigenvalue weighted by atomic mass is 19.1. The molecule has 0 radical (unpaired) electrons. The van der Waals surface area contributed by atoms with Crippen LogP contribution in [-0.4, -0.2) is 19.6 Å². The molecule has 4 aromatic carbocycles. The highest BCUT2D eigenvalue weighted by molar-refractivity contribution is 5.68. The van der Waals surface area contributed by atoms with Gasteiger partial charge in [-0.25, -0.2) is 9.37 Å². The molecule has 0 amide bonds. The lowest BCUT2D eigenvalue weighted by atomic mass is 10.1. The van der Waals surface area contributed by atoms with Crippen molar-refractivity contribution in [2.45, 2.75) is 45.9 Å². The molecule has 0 spiro atoms. The fraction of sp³-hybridized carbons (Fsp3) is 0.206. The van der Waals surface area contributed by atoms with Gasteiger partial charge in [0.2, 0.25) is 0 Å². The van der Waals surface area contributed by atoms with Gasteiger partial charge in [0.1, 0.15) is 5.82 Å². The first kappa shape index (κ1) is 26.4. The first-order valence-corrected chi connectivity index (χ1v) is 13.6. The minimum Gasteiger partial charge on any atom is -0.505 e. The Hall–Kier alpha value is -4.22. The van der Waals surface area contributed by atoms with Gasteiger partial charge in [0.15, 0.2) is 11.6 Å². The van der Waals surface area contributed by atoms with E-state index >= 15 is 0 Å². The van der Waals surface area contributed by atoms with E-state index in [2.05, 4.69) is 64.9 Å². The average molecular weight is 520 g/mol. The summed E-state index contributed by atoms with van der Waals surface area (Å²) in [4.78, 5) is 7.56. The number of imidazole rings is 1. The summed E-state index contributed by atoms with van der Waals surface area (Å²) in [5.41, 5.74) is 6.28. The van der Waals surface area contributed by atoms with E-state index in [0.717, 1.165) is 53.3 Å². The molecular weight excluding hydrogens is 485 g/mol. The van der Waals surface area contributed by atoms with Crippen LogP contribution in [0.5, 0.6) is 5.75 Å². The van der Waals surface area contributed by atoms with Crippen molar-refractivity contribution in [2.24, 2.45) is 0 Å². The standard InChI is InChI=1S/C34H34FN3O/c1-2-3-21-38-31(33(28-15-9-5-10-16-28)36-34(38)29-17-11-6-12-18-29)25-37(23-26-13-7-4-8-14-26)24-27-19-20-32(39)30(35)22-27/h4-20,22,39H,2-3,21,23-25H2,1H3. The fourth-order valence-electron chi connectivity index (χ4n) is 4.97. The van der Waals surface area contributed by atoms with Gasteiger partial charge in [-0.3, -0.25) is 4.90 Å². The van der Waals surface area contributed by atoms with Gasteiger partial charge in [0.05, 0.1) is 11.4 Å². The third-order valence-corrected chi connectivity index (χ3v) is 6.93. The van der Waals surface area contributed by atoms with Gasteiger partial charge in [-0.05, 0) is 29.7 Å². The molecule has 39 heavy (non-hydrogen) atoms. The van der Waals surface area contributed by atoms with E-state index in [0.29, 0.717) is 19.6 Å². The van der Waals surface area contributed by atoms with Crippen molar-refractivity contribution in [1.29, 1.82) is 0 Å². The van der Waals surface area contributed by atoms with Gasteiger partial charge in [-0.15, -0.1) is 0 Å². The Kier molecular flexibility index (Phi) is 8.49. The molecule has 0 aliphatic rings. The van der Waals surface area contributed by atoms with Crippen LogP contribution in [0, 0.1) is 5.82 Å². The van der Waals surface area contributed by atoms with Crippen LogP contribution in [-0.2, 0) is 26.2 Å². The molecule has 5 rings (SSSR count). The monoisotopic (exact) mass is 519 g/mol. The molecule has 198 valence electrons. The maximum absolute atomic E-state index is 14.3. The summed E-state index contributed by atoms with van der Waals surface area (Å²) in [6.45, 7) is 4.92. The van der Waals surface area contributed by atoms with Crippen LogP contribution in [0.4, 0.5) is 4.39 Å². The number of nitrogens with zero attached hydrogens (tertiary/aromatic N) is 3. The number of benzene rings is 4. The second kappa shape index (κ2) is 12.5. The lowest BCUT2D eigenvalue weighted by molar-refractivity contribution is 0.241. The fourth-order valence-corrected chi connectivity index (χ4v) is 4.97. The van der Waals surface area contributed by atoms with E-state index in [4.69, 9.17) is 4.98 Å². The second-order valence-corrected chi connectivity index (χ2v) is 9.88. The zero-order chi connectivity index (χ0) is 27.0. The molecule has 1 aromatic heterocycles. The van der Waals surface area contributed by atoms with Crippen molar-refractivity contribution < 1.29 is 9.50 Å². The number of hydrogen-bond donors (Lipinski definition) is 1. The number of hydrogen-bond acceptors (Lipinski definition) is 3.